The molecule has 0 spiro atoms. The number of ketones is 2. The fraction of sp³-hybridized carbons (Fsp3) is 0.783. The van der Waals surface area contributed by atoms with Gasteiger partial charge in [0.25, 0.3) is 0 Å². The van der Waals surface area contributed by atoms with Gasteiger partial charge in [-0.1, -0.05) is 24.3 Å². The van der Waals surface area contributed by atoms with Gasteiger partial charge in [0.05, 0.1) is 0 Å². The van der Waals surface area contributed by atoms with E-state index in [0.717, 1.165) is 44.3 Å². The van der Waals surface area contributed by atoms with Gasteiger partial charge in [0.2, 0.25) is 0 Å². The van der Waals surface area contributed by atoms with E-state index in [0.29, 0.717) is 30.0 Å². The third-order valence-electron chi connectivity index (χ3n) is 8.71. The highest BCUT2D eigenvalue weighted by Gasteiger charge is 2.60. The summed E-state index contributed by atoms with van der Waals surface area (Å²) in [6, 6.07) is 0. The Labute approximate surface area is 167 Å². The molecule has 0 radical (unpaired) electrons. The van der Waals surface area contributed by atoms with Crippen molar-refractivity contribution in [1.29, 1.82) is 0 Å². The molecule has 0 aliphatic heterocycles. The molecular formula is C23H32O3S. The van der Waals surface area contributed by atoms with E-state index in [2.05, 4.69) is 6.92 Å². The predicted octanol–water partition coefficient (Wildman–Crippen LogP) is 4.98. The van der Waals surface area contributed by atoms with Crippen LogP contribution in [0.3, 0.4) is 0 Å². The summed E-state index contributed by atoms with van der Waals surface area (Å²) in [5.74, 6) is 3.55. The summed E-state index contributed by atoms with van der Waals surface area (Å²) in [6.07, 6.45) is 10.1. The number of Topliss-reactive ketones (excluding diaryl/α,β-unsaturated/α-hetero) is 1. The first-order valence-corrected chi connectivity index (χ1v) is 11.6. The predicted molar refractivity (Wildman–Crippen MR) is 108 cm³/mol. The smallest absolute Gasteiger partial charge is 0.185 e. The first kappa shape index (κ1) is 19.4. The van der Waals surface area contributed by atoms with Crippen LogP contribution in [0.1, 0.15) is 72.1 Å². The van der Waals surface area contributed by atoms with Crippen LogP contribution in [-0.4, -0.2) is 22.4 Å². The van der Waals surface area contributed by atoms with Gasteiger partial charge in [-0.2, -0.15) is 0 Å². The number of fused-ring (bicyclic) bond motifs is 5. The summed E-state index contributed by atoms with van der Waals surface area (Å²) in [5, 5.41) is 0.181. The number of thioether (sulfide) groups is 1. The van der Waals surface area contributed by atoms with E-state index in [1.54, 1.807) is 13.8 Å². The Hall–Kier alpha value is -0.900. The van der Waals surface area contributed by atoms with Crippen LogP contribution in [0, 0.1) is 34.5 Å². The monoisotopic (exact) mass is 388 g/mol. The van der Waals surface area contributed by atoms with Gasteiger partial charge in [-0.3, -0.25) is 14.4 Å². The molecule has 3 fully saturated rings. The topological polar surface area (TPSA) is 51.2 Å². The molecule has 0 amide bonds. The van der Waals surface area contributed by atoms with Crippen molar-refractivity contribution in [2.75, 3.05) is 5.75 Å². The van der Waals surface area contributed by atoms with Crippen LogP contribution >= 0.6 is 11.8 Å². The van der Waals surface area contributed by atoms with E-state index < -0.39 is 0 Å². The maximum absolute atomic E-state index is 12.3. The lowest BCUT2D eigenvalue weighted by molar-refractivity contribution is -0.128. The molecule has 0 bridgehead atoms. The van der Waals surface area contributed by atoms with E-state index in [1.165, 1.54) is 23.8 Å². The molecule has 4 rings (SSSR count). The van der Waals surface area contributed by atoms with Gasteiger partial charge >= 0.3 is 0 Å². The van der Waals surface area contributed by atoms with Crippen LogP contribution in [0.25, 0.3) is 0 Å². The van der Waals surface area contributed by atoms with Crippen molar-refractivity contribution in [2.45, 2.75) is 72.1 Å². The molecule has 4 aliphatic carbocycles. The van der Waals surface area contributed by atoms with Crippen molar-refractivity contribution >= 4 is 28.4 Å². The van der Waals surface area contributed by atoms with Gasteiger partial charge in [0, 0.05) is 30.4 Å². The molecule has 6 unspecified atom stereocenters. The summed E-state index contributed by atoms with van der Waals surface area (Å²) in [6.45, 7) is 5.81. The molecule has 6 atom stereocenters. The van der Waals surface area contributed by atoms with Gasteiger partial charge in [0.15, 0.2) is 10.9 Å². The molecule has 3 saturated carbocycles. The molecule has 4 heteroatoms. The standard InChI is InChI=1S/C23H32O3S/c1-14(24)19-6-7-20-18-5-4-16-12-17(26)8-11-23(16,13-27-15(2)25)21(18)9-10-22(19,20)3/h12,18-21H,4-11,13H2,1-3H3. The zero-order chi connectivity index (χ0) is 19.4. The number of carbonyl (C=O) groups excluding carboxylic acids is 3. The highest BCUT2D eigenvalue weighted by Crippen LogP contribution is 2.67. The van der Waals surface area contributed by atoms with E-state index >= 15 is 0 Å². The highest BCUT2D eigenvalue weighted by molar-refractivity contribution is 8.13. The molecule has 0 heterocycles. The molecule has 0 N–H and O–H groups in total. The molecule has 148 valence electrons. The van der Waals surface area contributed by atoms with Gasteiger partial charge in [-0.15, -0.1) is 0 Å². The van der Waals surface area contributed by atoms with Gasteiger partial charge in [-0.25, -0.2) is 0 Å². The third-order valence-corrected chi connectivity index (χ3v) is 9.78. The molecule has 0 aromatic rings. The first-order valence-electron chi connectivity index (χ1n) is 10.7. The maximum atomic E-state index is 12.3. The van der Waals surface area contributed by atoms with Gasteiger partial charge in [0.1, 0.15) is 5.78 Å². The Bertz CT molecular complexity index is 710. The van der Waals surface area contributed by atoms with Crippen LogP contribution in [-0.2, 0) is 14.4 Å². The van der Waals surface area contributed by atoms with Crippen LogP contribution in [0.4, 0.5) is 0 Å². The van der Waals surface area contributed by atoms with Crippen molar-refractivity contribution in [3.63, 3.8) is 0 Å². The molecule has 27 heavy (non-hydrogen) atoms. The minimum Gasteiger partial charge on any atom is -0.300 e. The quantitative estimate of drug-likeness (QED) is 0.684. The minimum atomic E-state index is 0.0306. The summed E-state index contributed by atoms with van der Waals surface area (Å²) in [4.78, 5) is 36.2. The maximum Gasteiger partial charge on any atom is 0.185 e. The fourth-order valence-electron chi connectivity index (χ4n) is 7.53. The fourth-order valence-corrected chi connectivity index (χ4v) is 8.53. The number of hydrogen-bond acceptors (Lipinski definition) is 4. The second kappa shape index (κ2) is 6.86. The van der Waals surface area contributed by atoms with E-state index in [9.17, 15) is 14.4 Å². The minimum absolute atomic E-state index is 0.0306. The number of rotatable bonds is 3. The molecular weight excluding hydrogens is 356 g/mol. The second-order valence-electron chi connectivity index (χ2n) is 9.77. The van der Waals surface area contributed by atoms with Gasteiger partial charge < -0.3 is 0 Å². The summed E-state index contributed by atoms with van der Waals surface area (Å²) in [7, 11) is 0. The van der Waals surface area contributed by atoms with Crippen LogP contribution in [0.2, 0.25) is 0 Å². The van der Waals surface area contributed by atoms with Crippen LogP contribution in [0.15, 0.2) is 11.6 Å². The lowest BCUT2D eigenvalue weighted by Gasteiger charge is -2.59. The van der Waals surface area contributed by atoms with Crippen molar-refractivity contribution < 1.29 is 14.4 Å². The SMILES string of the molecule is CC(=O)SCC12CCC(=O)C=C1CCC1C2CCC2(C)C(C(C)=O)CCC12. The van der Waals surface area contributed by atoms with E-state index in [4.69, 9.17) is 0 Å². The normalized spacial score (nSPS) is 43.4. The Kier molecular flexibility index (Phi) is 4.93. The molecule has 0 aromatic carbocycles. The molecule has 4 aliphatic rings. The van der Waals surface area contributed by atoms with Crippen molar-refractivity contribution in [3.8, 4) is 0 Å². The molecule has 0 saturated heterocycles. The lowest BCUT2D eigenvalue weighted by atomic mass is 9.46. The lowest BCUT2D eigenvalue weighted by Crippen LogP contribution is -2.53. The zero-order valence-corrected chi connectivity index (χ0v) is 17.7. The van der Waals surface area contributed by atoms with E-state index in [-0.39, 0.29) is 27.6 Å². The van der Waals surface area contributed by atoms with Gasteiger partial charge in [-0.05, 0) is 81.1 Å². The number of carbonyl (C=O) groups is 3. The van der Waals surface area contributed by atoms with Crippen molar-refractivity contribution in [2.24, 2.45) is 34.5 Å². The average molecular weight is 389 g/mol. The summed E-state index contributed by atoms with van der Waals surface area (Å²) in [5.41, 5.74) is 1.52. The van der Waals surface area contributed by atoms with Crippen molar-refractivity contribution in [1.82, 2.24) is 0 Å². The third kappa shape index (κ3) is 2.97. The zero-order valence-electron chi connectivity index (χ0n) is 16.9. The van der Waals surface area contributed by atoms with E-state index in [1.807, 2.05) is 6.08 Å². The largest absolute Gasteiger partial charge is 0.300 e. The van der Waals surface area contributed by atoms with Crippen LogP contribution in [0.5, 0.6) is 0 Å². The highest BCUT2D eigenvalue weighted by atomic mass is 32.2. The Balaban J connectivity index is 1.68. The second-order valence-corrected chi connectivity index (χ2v) is 10.9. The number of allylic oxidation sites excluding steroid dienone is 1. The number of hydrogen-bond donors (Lipinski definition) is 0. The summed E-state index contributed by atoms with van der Waals surface area (Å²) >= 11 is 1.46. The molecule has 3 nitrogen and oxygen atoms in total. The van der Waals surface area contributed by atoms with Crippen molar-refractivity contribution in [3.05, 3.63) is 11.6 Å². The van der Waals surface area contributed by atoms with Crippen LogP contribution < -0.4 is 0 Å². The Morgan fingerprint density at radius 3 is 2.56 bits per heavy atom. The Morgan fingerprint density at radius 2 is 1.85 bits per heavy atom. The first-order chi connectivity index (χ1) is 12.8. The average Bonchev–Trinajstić information content (AvgIpc) is 2.97. The Morgan fingerprint density at radius 1 is 1.07 bits per heavy atom. The molecule has 0 aromatic heterocycles. The summed E-state index contributed by atoms with van der Waals surface area (Å²) < 4.78 is 0.